The first-order valence-electron chi connectivity index (χ1n) is 5.42. The highest BCUT2D eigenvalue weighted by atomic mass is 16.7. The van der Waals surface area contributed by atoms with Crippen molar-refractivity contribution in [2.24, 2.45) is 0 Å². The molecule has 0 aromatic heterocycles. The van der Waals surface area contributed by atoms with E-state index in [4.69, 9.17) is 10.5 Å². The Morgan fingerprint density at radius 1 is 1.29 bits per heavy atom. The highest BCUT2D eigenvalue weighted by molar-refractivity contribution is 5.66. The maximum atomic E-state index is 11.0. The molecule has 0 heterocycles. The summed E-state index contributed by atoms with van der Waals surface area (Å²) in [4.78, 5) is 11.0. The molecule has 1 aromatic carbocycles. The second-order valence-electron chi connectivity index (χ2n) is 5.01. The van der Waals surface area contributed by atoms with Crippen LogP contribution < -0.4 is 10.5 Å². The van der Waals surface area contributed by atoms with E-state index in [-0.39, 0.29) is 5.41 Å². The van der Waals surface area contributed by atoms with Gasteiger partial charge in [-0.1, -0.05) is 20.8 Å². The molecule has 2 N–H and O–H groups in total. The molecule has 0 unspecified atom stereocenters. The summed E-state index contributed by atoms with van der Waals surface area (Å²) in [6, 6.07) is 3.60. The summed E-state index contributed by atoms with van der Waals surface area (Å²) in [5.41, 5.74) is 8.42. The number of methoxy groups -OCH3 is 1. The number of nitrogens with two attached hydrogens (primary N) is 1. The Bertz CT molecular complexity index is 433. The number of aryl methyl sites for hydroxylation is 1. The fourth-order valence-corrected chi connectivity index (χ4v) is 1.59. The molecule has 0 radical (unpaired) electrons. The van der Waals surface area contributed by atoms with Gasteiger partial charge in [-0.15, -0.1) is 0 Å². The van der Waals surface area contributed by atoms with Crippen molar-refractivity contribution in [2.75, 3.05) is 12.8 Å². The molecule has 0 aliphatic carbocycles. The molecule has 0 fully saturated rings. The number of nitrogen functional groups attached to an aromatic ring is 1. The van der Waals surface area contributed by atoms with Crippen molar-refractivity contribution >= 4 is 11.8 Å². The van der Waals surface area contributed by atoms with E-state index in [1.165, 1.54) is 7.11 Å². The second kappa shape index (κ2) is 4.65. The zero-order valence-electron chi connectivity index (χ0n) is 11.0. The monoisotopic (exact) mass is 237 g/mol. The van der Waals surface area contributed by atoms with Gasteiger partial charge >= 0.3 is 6.16 Å². The lowest BCUT2D eigenvalue weighted by atomic mass is 9.85. The summed E-state index contributed by atoms with van der Waals surface area (Å²) in [7, 11) is 1.27. The number of carbonyl (C=O) groups excluding carboxylic acids is 1. The van der Waals surface area contributed by atoms with Crippen LogP contribution in [0, 0.1) is 6.92 Å². The highest BCUT2D eigenvalue weighted by Gasteiger charge is 2.19. The van der Waals surface area contributed by atoms with Gasteiger partial charge in [-0.2, -0.15) is 0 Å². The fourth-order valence-electron chi connectivity index (χ4n) is 1.59. The topological polar surface area (TPSA) is 61.5 Å². The van der Waals surface area contributed by atoms with Gasteiger partial charge in [0.25, 0.3) is 0 Å². The van der Waals surface area contributed by atoms with Crippen LogP contribution in [0.15, 0.2) is 12.1 Å². The Hall–Kier alpha value is -1.71. The molecule has 0 amide bonds. The third kappa shape index (κ3) is 3.12. The number of rotatable bonds is 1. The van der Waals surface area contributed by atoms with Crippen LogP contribution >= 0.6 is 0 Å². The molecular weight excluding hydrogens is 218 g/mol. The molecule has 4 heteroatoms. The summed E-state index contributed by atoms with van der Waals surface area (Å²) in [5, 5.41) is 0. The third-order valence-electron chi connectivity index (χ3n) is 2.52. The Morgan fingerprint density at radius 2 is 1.88 bits per heavy atom. The average Bonchev–Trinajstić information content (AvgIpc) is 2.21. The van der Waals surface area contributed by atoms with Crippen LogP contribution in [0.1, 0.15) is 31.9 Å². The van der Waals surface area contributed by atoms with E-state index in [0.717, 1.165) is 11.1 Å². The van der Waals surface area contributed by atoms with E-state index < -0.39 is 6.16 Å². The fraction of sp³-hybridized carbons (Fsp3) is 0.462. The zero-order valence-corrected chi connectivity index (χ0v) is 11.0. The van der Waals surface area contributed by atoms with E-state index in [1.807, 2.05) is 13.0 Å². The summed E-state index contributed by atoms with van der Waals surface area (Å²) < 4.78 is 9.45. The van der Waals surface area contributed by atoms with Crippen molar-refractivity contribution in [1.82, 2.24) is 0 Å². The predicted octanol–water partition coefficient (Wildman–Crippen LogP) is 3.02. The standard InChI is InChI=1S/C13H19NO3/c1-8-6-9(13(2,3)4)10(14)7-11(8)17-12(15)16-5/h6-7H,14H2,1-5H3. The van der Waals surface area contributed by atoms with Gasteiger partial charge in [0, 0.05) is 11.8 Å². The number of hydrogen-bond acceptors (Lipinski definition) is 4. The Balaban J connectivity index is 3.14. The molecule has 0 aliphatic rings. The summed E-state index contributed by atoms with van der Waals surface area (Å²) in [6.45, 7) is 8.11. The van der Waals surface area contributed by atoms with E-state index in [2.05, 4.69) is 25.5 Å². The second-order valence-corrected chi connectivity index (χ2v) is 5.01. The first kappa shape index (κ1) is 13.4. The third-order valence-corrected chi connectivity index (χ3v) is 2.52. The zero-order chi connectivity index (χ0) is 13.2. The normalized spacial score (nSPS) is 11.1. The van der Waals surface area contributed by atoms with Crippen LogP contribution in [0.5, 0.6) is 5.75 Å². The minimum atomic E-state index is -0.740. The molecule has 94 valence electrons. The van der Waals surface area contributed by atoms with E-state index in [1.54, 1.807) is 6.07 Å². The van der Waals surface area contributed by atoms with Crippen LogP contribution in [-0.4, -0.2) is 13.3 Å². The largest absolute Gasteiger partial charge is 0.513 e. The lowest BCUT2D eigenvalue weighted by Gasteiger charge is -2.22. The quantitative estimate of drug-likeness (QED) is 0.463. The van der Waals surface area contributed by atoms with E-state index >= 15 is 0 Å². The van der Waals surface area contributed by atoms with E-state index in [0.29, 0.717) is 11.4 Å². The summed E-state index contributed by atoms with van der Waals surface area (Å²) in [6.07, 6.45) is -0.740. The van der Waals surface area contributed by atoms with Crippen LogP contribution in [0.3, 0.4) is 0 Å². The first-order chi connectivity index (χ1) is 7.75. The summed E-state index contributed by atoms with van der Waals surface area (Å²) >= 11 is 0. The van der Waals surface area contributed by atoms with Crippen molar-refractivity contribution in [3.63, 3.8) is 0 Å². The minimum Gasteiger partial charge on any atom is -0.437 e. The van der Waals surface area contributed by atoms with E-state index in [9.17, 15) is 4.79 Å². The SMILES string of the molecule is COC(=O)Oc1cc(N)c(C(C)(C)C)cc1C. The van der Waals surface area contributed by atoms with Gasteiger partial charge in [0.1, 0.15) is 5.75 Å². The average molecular weight is 237 g/mol. The number of benzene rings is 1. The van der Waals surface area contributed by atoms with Gasteiger partial charge in [-0.05, 0) is 29.5 Å². The highest BCUT2D eigenvalue weighted by Crippen LogP contribution is 2.33. The number of ether oxygens (including phenoxy) is 2. The Morgan fingerprint density at radius 3 is 2.35 bits per heavy atom. The smallest absolute Gasteiger partial charge is 0.437 e. The van der Waals surface area contributed by atoms with Gasteiger partial charge in [0.05, 0.1) is 7.11 Å². The van der Waals surface area contributed by atoms with Gasteiger partial charge in [-0.25, -0.2) is 4.79 Å². The van der Waals surface area contributed by atoms with Crippen LogP contribution in [0.25, 0.3) is 0 Å². The minimum absolute atomic E-state index is 0.0430. The Kier molecular flexibility index (Phi) is 3.66. The van der Waals surface area contributed by atoms with Gasteiger partial charge < -0.3 is 15.2 Å². The van der Waals surface area contributed by atoms with Crippen LogP contribution in [-0.2, 0) is 10.2 Å². The Labute approximate surface area is 102 Å². The molecule has 0 spiro atoms. The molecule has 0 saturated carbocycles. The molecule has 17 heavy (non-hydrogen) atoms. The number of hydrogen-bond donors (Lipinski definition) is 1. The molecule has 1 aromatic rings. The van der Waals surface area contributed by atoms with Gasteiger partial charge in [0.15, 0.2) is 0 Å². The summed E-state index contributed by atoms with van der Waals surface area (Å²) in [5.74, 6) is 0.433. The predicted molar refractivity (Wildman–Crippen MR) is 67.3 cm³/mol. The number of anilines is 1. The molecule has 0 atom stereocenters. The van der Waals surface area contributed by atoms with Crippen LogP contribution in [0.2, 0.25) is 0 Å². The van der Waals surface area contributed by atoms with Crippen molar-refractivity contribution < 1.29 is 14.3 Å². The molecule has 4 nitrogen and oxygen atoms in total. The molecule has 0 saturated heterocycles. The van der Waals surface area contributed by atoms with Crippen molar-refractivity contribution in [3.8, 4) is 5.75 Å². The van der Waals surface area contributed by atoms with Crippen molar-refractivity contribution in [3.05, 3.63) is 23.3 Å². The molecule has 0 aliphatic heterocycles. The van der Waals surface area contributed by atoms with Crippen molar-refractivity contribution in [2.45, 2.75) is 33.1 Å². The number of carbonyl (C=O) groups is 1. The van der Waals surface area contributed by atoms with Crippen molar-refractivity contribution in [1.29, 1.82) is 0 Å². The molecule has 0 bridgehead atoms. The van der Waals surface area contributed by atoms with Crippen LogP contribution in [0.4, 0.5) is 10.5 Å². The molecule has 1 rings (SSSR count). The molecular formula is C13H19NO3. The first-order valence-corrected chi connectivity index (χ1v) is 5.42. The lowest BCUT2D eigenvalue weighted by molar-refractivity contribution is 0.121. The maximum absolute atomic E-state index is 11.0. The lowest BCUT2D eigenvalue weighted by Crippen LogP contribution is -2.15. The maximum Gasteiger partial charge on any atom is 0.513 e. The van der Waals surface area contributed by atoms with Gasteiger partial charge in [0.2, 0.25) is 0 Å². The van der Waals surface area contributed by atoms with Gasteiger partial charge in [-0.3, -0.25) is 0 Å².